The van der Waals surface area contributed by atoms with E-state index in [0.29, 0.717) is 0 Å². The normalized spacial score (nSPS) is 13.0. The first kappa shape index (κ1) is 12.6. The van der Waals surface area contributed by atoms with Crippen molar-refractivity contribution in [3.63, 3.8) is 0 Å². The van der Waals surface area contributed by atoms with Crippen LogP contribution in [0.5, 0.6) is 0 Å². The minimum atomic E-state index is -3.46. The van der Waals surface area contributed by atoms with Gasteiger partial charge in [0, 0.05) is 0 Å². The van der Waals surface area contributed by atoms with Crippen molar-refractivity contribution in [2.75, 3.05) is 6.61 Å². The van der Waals surface area contributed by atoms with Crippen LogP contribution in [-0.2, 0) is 14.9 Å². The predicted molar refractivity (Wildman–Crippen MR) is 58.9 cm³/mol. The summed E-state index contributed by atoms with van der Waals surface area (Å²) >= 11 is 1.17. The van der Waals surface area contributed by atoms with E-state index < -0.39 is 15.6 Å². The second-order valence-corrected chi connectivity index (χ2v) is 6.59. The molecule has 0 spiro atoms. The standard InChI is InChI=1S/C8H14N2O3S2/c1-8(2,6-13-9)10-15(11,12)7-4-3-5-14-7/h3-5,10H,6,9H2,1-2H3. The minimum Gasteiger partial charge on any atom is -0.303 e. The van der Waals surface area contributed by atoms with Crippen LogP contribution in [-0.4, -0.2) is 20.6 Å². The Morgan fingerprint density at radius 1 is 1.60 bits per heavy atom. The molecule has 1 rings (SSSR count). The first-order valence-electron chi connectivity index (χ1n) is 4.26. The van der Waals surface area contributed by atoms with Crippen LogP contribution < -0.4 is 10.6 Å². The van der Waals surface area contributed by atoms with E-state index in [0.717, 1.165) is 0 Å². The fourth-order valence-corrected chi connectivity index (χ4v) is 3.46. The van der Waals surface area contributed by atoms with Gasteiger partial charge in [0.25, 0.3) is 10.0 Å². The summed E-state index contributed by atoms with van der Waals surface area (Å²) in [5.41, 5.74) is -0.725. The zero-order valence-electron chi connectivity index (χ0n) is 8.56. The highest BCUT2D eigenvalue weighted by atomic mass is 32.2. The van der Waals surface area contributed by atoms with E-state index in [2.05, 4.69) is 9.56 Å². The number of sulfonamides is 1. The van der Waals surface area contributed by atoms with E-state index in [1.807, 2.05) is 0 Å². The molecule has 1 heterocycles. The molecule has 5 nitrogen and oxygen atoms in total. The predicted octanol–water partition coefficient (Wildman–Crippen LogP) is 0.695. The third-order valence-electron chi connectivity index (χ3n) is 1.61. The van der Waals surface area contributed by atoms with Crippen LogP contribution in [0.2, 0.25) is 0 Å². The second-order valence-electron chi connectivity index (χ2n) is 3.73. The van der Waals surface area contributed by atoms with E-state index in [1.165, 1.54) is 11.3 Å². The summed E-state index contributed by atoms with van der Waals surface area (Å²) in [6, 6.07) is 3.23. The van der Waals surface area contributed by atoms with Crippen molar-refractivity contribution in [1.82, 2.24) is 4.72 Å². The van der Waals surface area contributed by atoms with Crippen molar-refractivity contribution >= 4 is 21.4 Å². The molecular formula is C8H14N2O3S2. The molecule has 0 aliphatic heterocycles. The van der Waals surface area contributed by atoms with Crippen LogP contribution in [0.25, 0.3) is 0 Å². The molecule has 0 radical (unpaired) electrons. The first-order chi connectivity index (χ1) is 6.87. The molecule has 0 aliphatic rings. The van der Waals surface area contributed by atoms with Gasteiger partial charge in [0.05, 0.1) is 12.1 Å². The second kappa shape index (κ2) is 4.58. The number of nitrogens with two attached hydrogens (primary N) is 1. The number of hydrogen-bond acceptors (Lipinski definition) is 5. The Kier molecular flexibility index (Phi) is 3.85. The fraction of sp³-hybridized carbons (Fsp3) is 0.500. The molecule has 0 atom stereocenters. The smallest absolute Gasteiger partial charge is 0.250 e. The molecule has 1 aromatic rings. The SMILES string of the molecule is CC(C)(CON)NS(=O)(=O)c1cccs1. The van der Waals surface area contributed by atoms with Crippen molar-refractivity contribution in [3.8, 4) is 0 Å². The van der Waals surface area contributed by atoms with Crippen molar-refractivity contribution in [3.05, 3.63) is 17.5 Å². The van der Waals surface area contributed by atoms with Crippen LogP contribution >= 0.6 is 11.3 Å². The summed E-state index contributed by atoms with van der Waals surface area (Å²) in [7, 11) is -3.46. The lowest BCUT2D eigenvalue weighted by Crippen LogP contribution is -2.47. The third-order valence-corrected chi connectivity index (χ3v) is 4.71. The molecule has 0 bridgehead atoms. The van der Waals surface area contributed by atoms with Crippen molar-refractivity contribution in [2.24, 2.45) is 5.90 Å². The molecule has 0 saturated heterocycles. The molecule has 0 unspecified atom stereocenters. The van der Waals surface area contributed by atoms with E-state index in [-0.39, 0.29) is 10.8 Å². The molecule has 0 aliphatic carbocycles. The average molecular weight is 250 g/mol. The summed E-state index contributed by atoms with van der Waals surface area (Å²) in [5.74, 6) is 4.92. The van der Waals surface area contributed by atoms with E-state index in [4.69, 9.17) is 5.90 Å². The first-order valence-corrected chi connectivity index (χ1v) is 6.63. The molecule has 15 heavy (non-hydrogen) atoms. The average Bonchev–Trinajstić information content (AvgIpc) is 2.52. The highest BCUT2D eigenvalue weighted by Crippen LogP contribution is 2.17. The van der Waals surface area contributed by atoms with Crippen LogP contribution in [0.15, 0.2) is 21.7 Å². The quantitative estimate of drug-likeness (QED) is 0.754. The Balaban J connectivity index is 2.82. The lowest BCUT2D eigenvalue weighted by Gasteiger charge is -2.23. The maximum Gasteiger partial charge on any atom is 0.250 e. The lowest BCUT2D eigenvalue weighted by atomic mass is 10.1. The molecular weight excluding hydrogens is 236 g/mol. The van der Waals surface area contributed by atoms with Gasteiger partial charge in [-0.1, -0.05) is 6.07 Å². The van der Waals surface area contributed by atoms with Gasteiger partial charge in [-0.2, -0.15) is 0 Å². The highest BCUT2D eigenvalue weighted by Gasteiger charge is 2.26. The highest BCUT2D eigenvalue weighted by molar-refractivity contribution is 7.91. The van der Waals surface area contributed by atoms with Crippen molar-refractivity contribution in [2.45, 2.75) is 23.6 Å². The molecule has 0 amide bonds. The largest absolute Gasteiger partial charge is 0.303 e. The third kappa shape index (κ3) is 3.54. The van der Waals surface area contributed by atoms with Crippen molar-refractivity contribution < 1.29 is 13.3 Å². The van der Waals surface area contributed by atoms with Gasteiger partial charge < -0.3 is 4.84 Å². The van der Waals surface area contributed by atoms with Gasteiger partial charge >= 0.3 is 0 Å². The van der Waals surface area contributed by atoms with Gasteiger partial charge in [-0.15, -0.1) is 11.3 Å². The number of thiophene rings is 1. The summed E-state index contributed by atoms with van der Waals surface area (Å²) in [4.78, 5) is 4.45. The summed E-state index contributed by atoms with van der Waals surface area (Å²) in [6.07, 6.45) is 0. The number of hydrogen-bond donors (Lipinski definition) is 2. The molecule has 7 heteroatoms. The van der Waals surface area contributed by atoms with Gasteiger partial charge in [-0.25, -0.2) is 19.0 Å². The fourth-order valence-electron chi connectivity index (χ4n) is 1.07. The lowest BCUT2D eigenvalue weighted by molar-refractivity contribution is 0.0929. The Morgan fingerprint density at radius 3 is 2.73 bits per heavy atom. The van der Waals surface area contributed by atoms with Gasteiger partial charge in [0.15, 0.2) is 0 Å². The van der Waals surface area contributed by atoms with Crippen LogP contribution in [0, 0.1) is 0 Å². The molecule has 0 fully saturated rings. The summed E-state index contributed by atoms with van der Waals surface area (Å²) < 4.78 is 26.4. The zero-order chi connectivity index (χ0) is 11.5. The van der Waals surface area contributed by atoms with Crippen molar-refractivity contribution in [1.29, 1.82) is 0 Å². The monoisotopic (exact) mass is 250 g/mol. The minimum absolute atomic E-state index is 0.109. The Bertz CT molecular complexity index is 398. The number of nitrogens with one attached hydrogen (secondary N) is 1. The van der Waals surface area contributed by atoms with Gasteiger partial charge in [0.1, 0.15) is 4.21 Å². The van der Waals surface area contributed by atoms with Crippen LogP contribution in [0.4, 0.5) is 0 Å². The van der Waals surface area contributed by atoms with Gasteiger partial charge in [0.2, 0.25) is 0 Å². The maximum atomic E-state index is 11.8. The Hall–Kier alpha value is -0.470. The van der Waals surface area contributed by atoms with Gasteiger partial charge in [-0.05, 0) is 25.3 Å². The van der Waals surface area contributed by atoms with Gasteiger partial charge in [-0.3, -0.25) is 0 Å². The van der Waals surface area contributed by atoms with Crippen LogP contribution in [0.1, 0.15) is 13.8 Å². The number of rotatable bonds is 5. The topological polar surface area (TPSA) is 81.4 Å². The van der Waals surface area contributed by atoms with E-state index in [1.54, 1.807) is 31.4 Å². The maximum absolute atomic E-state index is 11.8. The molecule has 86 valence electrons. The molecule has 3 N–H and O–H groups in total. The Morgan fingerprint density at radius 2 is 2.27 bits per heavy atom. The zero-order valence-corrected chi connectivity index (χ0v) is 10.2. The van der Waals surface area contributed by atoms with E-state index >= 15 is 0 Å². The molecule has 0 aromatic carbocycles. The van der Waals surface area contributed by atoms with E-state index in [9.17, 15) is 8.42 Å². The Labute approximate surface area is 93.2 Å². The summed E-state index contributed by atoms with van der Waals surface area (Å²) in [5, 5.41) is 1.71. The summed E-state index contributed by atoms with van der Waals surface area (Å²) in [6.45, 7) is 3.51. The molecule has 1 aromatic heterocycles. The molecule has 0 saturated carbocycles. The van der Waals surface area contributed by atoms with Crippen LogP contribution in [0.3, 0.4) is 0 Å².